The molecule has 0 spiro atoms. The quantitative estimate of drug-likeness (QED) is 0.649. The molecule has 3 N–H and O–H groups in total. The van der Waals surface area contributed by atoms with Gasteiger partial charge in [0.1, 0.15) is 4.88 Å². The van der Waals surface area contributed by atoms with Crippen LogP contribution >= 0.6 is 11.5 Å². The second-order valence-electron chi connectivity index (χ2n) is 1.69. The number of aromatic nitrogens is 1. The summed E-state index contributed by atoms with van der Waals surface area (Å²) in [4.78, 5) is 10.5. The molecule has 1 rings (SSSR count). The standard InChI is InChI=1S/C5H6N2O2S/c6-2-3-1-4(5(8)9)10-7-3/h1H,2,6H2,(H,8,9). The molecule has 0 radical (unpaired) electrons. The van der Waals surface area contributed by atoms with Gasteiger partial charge >= 0.3 is 5.97 Å². The summed E-state index contributed by atoms with van der Waals surface area (Å²) in [6.07, 6.45) is 0. The van der Waals surface area contributed by atoms with Gasteiger partial charge < -0.3 is 10.8 Å². The summed E-state index contributed by atoms with van der Waals surface area (Å²) in [5.41, 5.74) is 5.84. The number of hydrogen-bond donors (Lipinski definition) is 2. The molecule has 1 heterocycles. The molecular weight excluding hydrogens is 152 g/mol. The Balaban J connectivity index is 2.88. The highest BCUT2D eigenvalue weighted by Crippen LogP contribution is 2.08. The largest absolute Gasteiger partial charge is 0.477 e. The van der Waals surface area contributed by atoms with Crippen molar-refractivity contribution in [1.29, 1.82) is 0 Å². The first kappa shape index (κ1) is 7.17. The van der Waals surface area contributed by atoms with Crippen LogP contribution in [0.1, 0.15) is 15.4 Å². The van der Waals surface area contributed by atoms with Crippen LogP contribution in [0.3, 0.4) is 0 Å². The molecule has 4 nitrogen and oxygen atoms in total. The molecule has 0 atom stereocenters. The second-order valence-corrected chi connectivity index (χ2v) is 2.50. The van der Waals surface area contributed by atoms with Crippen LogP contribution in [0.15, 0.2) is 6.07 Å². The maximum absolute atomic E-state index is 10.3. The van der Waals surface area contributed by atoms with Gasteiger partial charge in [0.15, 0.2) is 0 Å². The molecular formula is C5H6N2O2S. The maximum Gasteiger partial charge on any atom is 0.347 e. The first-order valence-electron chi connectivity index (χ1n) is 2.63. The Hall–Kier alpha value is -0.940. The zero-order valence-corrected chi connectivity index (χ0v) is 5.89. The van der Waals surface area contributed by atoms with Crippen molar-refractivity contribution in [2.24, 2.45) is 5.73 Å². The molecule has 0 aliphatic rings. The predicted molar refractivity (Wildman–Crippen MR) is 37.0 cm³/mol. The van der Waals surface area contributed by atoms with Crippen LogP contribution in [0.4, 0.5) is 0 Å². The number of carboxylic acids is 1. The van der Waals surface area contributed by atoms with Crippen molar-refractivity contribution in [2.75, 3.05) is 0 Å². The van der Waals surface area contributed by atoms with E-state index >= 15 is 0 Å². The first-order chi connectivity index (χ1) is 4.74. The van der Waals surface area contributed by atoms with Crippen molar-refractivity contribution in [2.45, 2.75) is 6.54 Å². The van der Waals surface area contributed by atoms with Crippen LogP contribution in [-0.2, 0) is 6.54 Å². The van der Waals surface area contributed by atoms with Gasteiger partial charge in [0.05, 0.1) is 5.69 Å². The van der Waals surface area contributed by atoms with Crippen molar-refractivity contribution in [3.63, 3.8) is 0 Å². The second kappa shape index (κ2) is 2.76. The Kier molecular flexibility index (Phi) is 1.98. The molecule has 0 saturated heterocycles. The number of hydrogen-bond acceptors (Lipinski definition) is 4. The number of carboxylic acid groups (broad SMARTS) is 1. The highest BCUT2D eigenvalue weighted by atomic mass is 32.1. The molecule has 0 saturated carbocycles. The van der Waals surface area contributed by atoms with E-state index in [1.807, 2.05) is 0 Å². The van der Waals surface area contributed by atoms with Gasteiger partial charge in [-0.25, -0.2) is 4.79 Å². The minimum absolute atomic E-state index is 0.237. The molecule has 0 aliphatic heterocycles. The third-order valence-electron chi connectivity index (χ3n) is 0.979. The lowest BCUT2D eigenvalue weighted by Gasteiger charge is -1.80. The monoisotopic (exact) mass is 158 g/mol. The number of aromatic carboxylic acids is 1. The molecule has 0 fully saturated rings. The lowest BCUT2D eigenvalue weighted by molar-refractivity contribution is 0.0702. The van der Waals surface area contributed by atoms with Crippen molar-refractivity contribution < 1.29 is 9.90 Å². The van der Waals surface area contributed by atoms with Crippen molar-refractivity contribution >= 4 is 17.5 Å². The zero-order valence-electron chi connectivity index (χ0n) is 5.07. The van der Waals surface area contributed by atoms with Crippen LogP contribution in [-0.4, -0.2) is 15.4 Å². The van der Waals surface area contributed by atoms with E-state index in [-0.39, 0.29) is 4.88 Å². The lowest BCUT2D eigenvalue weighted by atomic mass is 10.4. The minimum atomic E-state index is -0.947. The van der Waals surface area contributed by atoms with Crippen molar-refractivity contribution in [1.82, 2.24) is 4.37 Å². The Morgan fingerprint density at radius 2 is 2.60 bits per heavy atom. The lowest BCUT2D eigenvalue weighted by Crippen LogP contribution is -1.95. The summed E-state index contributed by atoms with van der Waals surface area (Å²) in [7, 11) is 0. The van der Waals surface area contributed by atoms with Gasteiger partial charge in [-0.1, -0.05) is 0 Å². The van der Waals surface area contributed by atoms with Crippen LogP contribution < -0.4 is 5.73 Å². The third-order valence-corrected chi connectivity index (χ3v) is 1.79. The van der Waals surface area contributed by atoms with Crippen LogP contribution in [0.5, 0.6) is 0 Å². The highest BCUT2D eigenvalue weighted by Gasteiger charge is 2.06. The summed E-state index contributed by atoms with van der Waals surface area (Å²) >= 11 is 0.953. The number of nitrogens with zero attached hydrogens (tertiary/aromatic N) is 1. The predicted octanol–water partition coefficient (Wildman–Crippen LogP) is 0.300. The summed E-state index contributed by atoms with van der Waals surface area (Å²) in [6, 6.07) is 1.48. The van der Waals surface area contributed by atoms with Gasteiger partial charge in [0.25, 0.3) is 0 Å². The van der Waals surface area contributed by atoms with Crippen molar-refractivity contribution in [3.8, 4) is 0 Å². The summed E-state index contributed by atoms with van der Waals surface area (Å²) in [5.74, 6) is -0.947. The fourth-order valence-corrected chi connectivity index (χ4v) is 1.12. The van der Waals surface area contributed by atoms with E-state index in [1.54, 1.807) is 0 Å². The highest BCUT2D eigenvalue weighted by molar-refractivity contribution is 7.08. The smallest absolute Gasteiger partial charge is 0.347 e. The molecule has 0 bridgehead atoms. The number of carbonyl (C=O) groups is 1. The van der Waals surface area contributed by atoms with Crippen LogP contribution in [0, 0.1) is 0 Å². The zero-order chi connectivity index (χ0) is 7.56. The molecule has 54 valence electrons. The fraction of sp³-hybridized carbons (Fsp3) is 0.200. The van der Waals surface area contributed by atoms with E-state index in [0.717, 1.165) is 11.5 Å². The molecule has 10 heavy (non-hydrogen) atoms. The average molecular weight is 158 g/mol. The van der Waals surface area contributed by atoms with Gasteiger partial charge in [0, 0.05) is 6.54 Å². The van der Waals surface area contributed by atoms with E-state index in [9.17, 15) is 4.79 Å². The van der Waals surface area contributed by atoms with E-state index in [4.69, 9.17) is 10.8 Å². The first-order valence-corrected chi connectivity index (χ1v) is 3.40. The van der Waals surface area contributed by atoms with E-state index in [0.29, 0.717) is 12.2 Å². The van der Waals surface area contributed by atoms with E-state index in [2.05, 4.69) is 4.37 Å². The number of nitrogens with two attached hydrogens (primary N) is 1. The maximum atomic E-state index is 10.3. The average Bonchev–Trinajstić information content (AvgIpc) is 2.34. The third kappa shape index (κ3) is 1.31. The normalized spacial score (nSPS) is 9.70. The number of rotatable bonds is 2. The molecule has 5 heteroatoms. The van der Waals surface area contributed by atoms with Gasteiger partial charge in [-0.15, -0.1) is 0 Å². The Morgan fingerprint density at radius 3 is 2.90 bits per heavy atom. The van der Waals surface area contributed by atoms with Crippen LogP contribution in [0.25, 0.3) is 0 Å². The summed E-state index contributed by atoms with van der Waals surface area (Å²) in [5, 5.41) is 8.42. The summed E-state index contributed by atoms with van der Waals surface area (Å²) in [6.45, 7) is 0.295. The Bertz CT molecular complexity index is 246. The molecule has 1 aromatic rings. The molecule has 0 amide bonds. The van der Waals surface area contributed by atoms with Gasteiger partial charge in [-0.05, 0) is 17.6 Å². The SMILES string of the molecule is NCc1cc(C(=O)O)sn1. The molecule has 1 aromatic heterocycles. The minimum Gasteiger partial charge on any atom is -0.477 e. The Labute approximate surface area is 61.5 Å². The topological polar surface area (TPSA) is 76.2 Å². The van der Waals surface area contributed by atoms with Gasteiger partial charge in [0.2, 0.25) is 0 Å². The van der Waals surface area contributed by atoms with Gasteiger partial charge in [-0.2, -0.15) is 4.37 Å². The van der Waals surface area contributed by atoms with Crippen LogP contribution in [0.2, 0.25) is 0 Å². The van der Waals surface area contributed by atoms with E-state index in [1.165, 1.54) is 6.07 Å². The Morgan fingerprint density at radius 1 is 1.90 bits per heavy atom. The molecule has 0 unspecified atom stereocenters. The summed E-state index contributed by atoms with van der Waals surface area (Å²) < 4.78 is 3.79. The fourth-order valence-electron chi connectivity index (χ4n) is 0.509. The van der Waals surface area contributed by atoms with E-state index < -0.39 is 5.97 Å². The van der Waals surface area contributed by atoms with Crippen molar-refractivity contribution in [3.05, 3.63) is 16.6 Å². The van der Waals surface area contributed by atoms with Gasteiger partial charge in [-0.3, -0.25) is 0 Å². The molecule has 0 aliphatic carbocycles. The molecule has 0 aromatic carbocycles.